The first-order valence-corrected chi connectivity index (χ1v) is 5.30. The molecule has 0 aliphatic heterocycles. The highest BCUT2D eigenvalue weighted by Gasteiger charge is 2.21. The maximum atomic E-state index is 12.9. The highest BCUT2D eigenvalue weighted by Crippen LogP contribution is 2.09. The molecule has 0 spiro atoms. The zero-order valence-electron chi connectivity index (χ0n) is 10.2. The van der Waals surface area contributed by atoms with Crippen molar-refractivity contribution >= 4 is 5.91 Å². The highest BCUT2D eigenvalue weighted by molar-refractivity contribution is 5.94. The monoisotopic (exact) mass is 259 g/mol. The number of carbonyl (C=O) groups is 1. The smallest absolute Gasteiger partial charge is 0.251 e. The fourth-order valence-corrected chi connectivity index (χ4v) is 1.37. The number of methoxy groups -OCH3 is 1. The van der Waals surface area contributed by atoms with E-state index >= 15 is 0 Å². The lowest BCUT2D eigenvalue weighted by Crippen LogP contribution is -2.43. The molecule has 0 aliphatic carbocycles. The first-order valence-electron chi connectivity index (χ1n) is 5.30. The van der Waals surface area contributed by atoms with Crippen LogP contribution in [0.1, 0.15) is 17.3 Å². The summed E-state index contributed by atoms with van der Waals surface area (Å²) < 4.78 is 30.4. The zero-order valence-corrected chi connectivity index (χ0v) is 10.2. The second-order valence-electron chi connectivity index (χ2n) is 4.24. The maximum Gasteiger partial charge on any atom is 0.251 e. The first-order chi connectivity index (χ1) is 8.35. The van der Waals surface area contributed by atoms with Crippen LogP contribution < -0.4 is 5.32 Å². The molecule has 1 atom stereocenters. The van der Waals surface area contributed by atoms with Crippen LogP contribution in [0.15, 0.2) is 18.2 Å². The second-order valence-corrected chi connectivity index (χ2v) is 4.24. The Labute approximate surface area is 104 Å². The van der Waals surface area contributed by atoms with Crippen LogP contribution in [-0.4, -0.2) is 36.9 Å². The molecule has 0 unspecified atom stereocenters. The van der Waals surface area contributed by atoms with E-state index in [1.54, 1.807) is 0 Å². The summed E-state index contributed by atoms with van der Waals surface area (Å²) in [7, 11) is 1.42. The number of amides is 1. The van der Waals surface area contributed by atoms with Crippen molar-refractivity contribution in [3.63, 3.8) is 0 Å². The van der Waals surface area contributed by atoms with Crippen LogP contribution in [0.25, 0.3) is 0 Å². The predicted molar refractivity (Wildman–Crippen MR) is 61.2 cm³/mol. The van der Waals surface area contributed by atoms with Crippen molar-refractivity contribution in [2.45, 2.75) is 12.5 Å². The summed E-state index contributed by atoms with van der Waals surface area (Å²) in [6.45, 7) is 1.48. The molecule has 2 N–H and O–H groups in total. The molecule has 0 bridgehead atoms. The van der Waals surface area contributed by atoms with Crippen molar-refractivity contribution in [2.24, 2.45) is 0 Å². The number of halogens is 2. The fraction of sp³-hybridized carbons (Fsp3) is 0.417. The molecule has 0 radical (unpaired) electrons. The van der Waals surface area contributed by atoms with Crippen molar-refractivity contribution < 1.29 is 23.4 Å². The van der Waals surface area contributed by atoms with Crippen molar-refractivity contribution in [3.05, 3.63) is 35.4 Å². The van der Waals surface area contributed by atoms with E-state index < -0.39 is 23.1 Å². The summed E-state index contributed by atoms with van der Waals surface area (Å²) >= 11 is 0. The van der Waals surface area contributed by atoms with Crippen LogP contribution in [0.3, 0.4) is 0 Å². The van der Waals surface area contributed by atoms with Gasteiger partial charge < -0.3 is 15.2 Å². The minimum atomic E-state index is -1.22. The molecule has 4 nitrogen and oxygen atoms in total. The van der Waals surface area contributed by atoms with Gasteiger partial charge in [0.2, 0.25) is 0 Å². The lowest BCUT2D eigenvalue weighted by atomic mass is 10.1. The Hall–Kier alpha value is -1.53. The number of hydrogen-bond donors (Lipinski definition) is 2. The molecular weight excluding hydrogens is 244 g/mol. The van der Waals surface area contributed by atoms with Crippen molar-refractivity contribution in [1.82, 2.24) is 5.32 Å². The number of hydrogen-bond acceptors (Lipinski definition) is 3. The van der Waals surface area contributed by atoms with Gasteiger partial charge in [-0.05, 0) is 25.1 Å². The van der Waals surface area contributed by atoms with Gasteiger partial charge in [-0.1, -0.05) is 0 Å². The van der Waals surface area contributed by atoms with Crippen LogP contribution in [0.5, 0.6) is 0 Å². The third-order valence-electron chi connectivity index (χ3n) is 2.27. The van der Waals surface area contributed by atoms with Crippen molar-refractivity contribution in [3.8, 4) is 0 Å². The van der Waals surface area contributed by atoms with E-state index in [2.05, 4.69) is 5.32 Å². The first kappa shape index (κ1) is 14.5. The molecule has 0 saturated carbocycles. The average Bonchev–Trinajstić information content (AvgIpc) is 2.30. The van der Waals surface area contributed by atoms with Crippen molar-refractivity contribution in [1.29, 1.82) is 0 Å². The number of aliphatic hydroxyl groups is 1. The van der Waals surface area contributed by atoms with Crippen LogP contribution in [0.4, 0.5) is 8.78 Å². The van der Waals surface area contributed by atoms with Crippen LogP contribution >= 0.6 is 0 Å². The molecule has 1 aromatic rings. The summed E-state index contributed by atoms with van der Waals surface area (Å²) in [4.78, 5) is 11.6. The Bertz CT molecular complexity index is 435. The molecule has 0 saturated heterocycles. The van der Waals surface area contributed by atoms with E-state index in [4.69, 9.17) is 4.74 Å². The lowest BCUT2D eigenvalue weighted by molar-refractivity contribution is -0.0147. The van der Waals surface area contributed by atoms with Crippen LogP contribution in [0.2, 0.25) is 0 Å². The van der Waals surface area contributed by atoms with Gasteiger partial charge >= 0.3 is 0 Å². The fourth-order valence-electron chi connectivity index (χ4n) is 1.37. The molecular formula is C12H15F2NO3. The topological polar surface area (TPSA) is 58.6 Å². The van der Waals surface area contributed by atoms with Gasteiger partial charge in [0.05, 0.1) is 6.61 Å². The molecule has 100 valence electrons. The minimum Gasteiger partial charge on any atom is -0.386 e. The minimum absolute atomic E-state index is 0.0119. The third kappa shape index (κ3) is 4.05. The van der Waals surface area contributed by atoms with E-state index in [1.165, 1.54) is 20.1 Å². The number of ether oxygens (including phenoxy) is 1. The van der Waals surface area contributed by atoms with Crippen LogP contribution in [-0.2, 0) is 4.74 Å². The molecule has 0 aliphatic rings. The van der Waals surface area contributed by atoms with Crippen LogP contribution in [0, 0.1) is 11.6 Å². The Morgan fingerprint density at radius 2 is 2.11 bits per heavy atom. The Morgan fingerprint density at radius 1 is 1.44 bits per heavy atom. The molecule has 18 heavy (non-hydrogen) atoms. The normalized spacial score (nSPS) is 14.1. The maximum absolute atomic E-state index is 12.9. The Kier molecular flexibility index (Phi) is 4.75. The summed E-state index contributed by atoms with van der Waals surface area (Å²) in [5.74, 6) is -2.70. The van der Waals surface area contributed by atoms with E-state index in [0.29, 0.717) is 0 Å². The third-order valence-corrected chi connectivity index (χ3v) is 2.27. The quantitative estimate of drug-likeness (QED) is 0.832. The summed E-state index contributed by atoms with van der Waals surface area (Å²) in [5.41, 5.74) is -1.23. The average molecular weight is 259 g/mol. The predicted octanol–water partition coefficient (Wildman–Crippen LogP) is 1.09. The lowest BCUT2D eigenvalue weighted by Gasteiger charge is -2.22. The van der Waals surface area contributed by atoms with E-state index in [0.717, 1.165) is 12.1 Å². The Balaban J connectivity index is 2.63. The SMILES string of the molecule is COC[C@@](C)(O)CNC(=O)c1ccc(F)c(F)c1. The van der Waals surface area contributed by atoms with E-state index in [9.17, 15) is 18.7 Å². The largest absolute Gasteiger partial charge is 0.386 e. The number of carbonyl (C=O) groups excluding carboxylic acids is 1. The van der Waals surface area contributed by atoms with Crippen molar-refractivity contribution in [2.75, 3.05) is 20.3 Å². The van der Waals surface area contributed by atoms with Gasteiger partial charge in [0.1, 0.15) is 5.60 Å². The Morgan fingerprint density at radius 3 is 2.67 bits per heavy atom. The molecule has 6 heteroatoms. The van der Waals surface area contributed by atoms with Gasteiger partial charge in [0.15, 0.2) is 11.6 Å². The molecule has 0 heterocycles. The van der Waals surface area contributed by atoms with Gasteiger partial charge in [-0.2, -0.15) is 0 Å². The van der Waals surface area contributed by atoms with E-state index in [-0.39, 0.29) is 18.7 Å². The highest BCUT2D eigenvalue weighted by atomic mass is 19.2. The number of rotatable bonds is 5. The van der Waals surface area contributed by atoms with Gasteiger partial charge in [-0.15, -0.1) is 0 Å². The van der Waals surface area contributed by atoms with Gasteiger partial charge in [0.25, 0.3) is 5.91 Å². The van der Waals surface area contributed by atoms with E-state index in [1.807, 2.05) is 0 Å². The molecule has 1 amide bonds. The second kappa shape index (κ2) is 5.88. The summed E-state index contributed by atoms with van der Waals surface area (Å²) in [6.07, 6.45) is 0. The standard InChI is InChI=1S/C12H15F2NO3/c1-12(17,7-18-2)6-15-11(16)8-3-4-9(13)10(14)5-8/h3-5,17H,6-7H2,1-2H3,(H,15,16)/t12-/m0/s1. The number of nitrogens with one attached hydrogen (secondary N) is 1. The zero-order chi connectivity index (χ0) is 13.8. The number of benzene rings is 1. The molecule has 1 rings (SSSR count). The molecule has 0 fully saturated rings. The van der Waals surface area contributed by atoms with Gasteiger partial charge in [-0.25, -0.2) is 8.78 Å². The molecule has 0 aromatic heterocycles. The summed E-state index contributed by atoms with van der Waals surface area (Å²) in [6, 6.07) is 2.84. The van der Waals surface area contributed by atoms with Gasteiger partial charge in [-0.3, -0.25) is 4.79 Å². The molecule has 1 aromatic carbocycles. The van der Waals surface area contributed by atoms with Gasteiger partial charge in [0, 0.05) is 19.2 Å². The summed E-state index contributed by atoms with van der Waals surface area (Å²) in [5, 5.41) is 12.1.